The summed E-state index contributed by atoms with van der Waals surface area (Å²) in [6, 6.07) is 8.00. The first-order chi connectivity index (χ1) is 11.5. The van der Waals surface area contributed by atoms with Crippen molar-refractivity contribution in [2.75, 3.05) is 27.2 Å². The molecule has 0 fully saturated rings. The molecule has 0 unspecified atom stereocenters. The van der Waals surface area contributed by atoms with Gasteiger partial charge < -0.3 is 20.0 Å². The molecular formula is C17H24N4O2S. The maximum atomic E-state index is 11.7. The molecule has 0 radical (unpaired) electrons. The lowest BCUT2D eigenvalue weighted by Crippen LogP contribution is -2.39. The Morgan fingerprint density at radius 2 is 2.12 bits per heavy atom. The van der Waals surface area contributed by atoms with Gasteiger partial charge in [0.15, 0.2) is 5.96 Å². The average Bonchev–Trinajstić information content (AvgIpc) is 3.20. The zero-order chi connectivity index (χ0) is 17.4. The molecule has 0 saturated carbocycles. The van der Waals surface area contributed by atoms with Gasteiger partial charge in [-0.3, -0.25) is 4.79 Å². The number of thiophene rings is 1. The summed E-state index contributed by atoms with van der Waals surface area (Å²) in [4.78, 5) is 20.1. The minimum absolute atomic E-state index is 0.0332. The Hall–Kier alpha value is -2.28. The number of carbonyl (C=O) groups excluding carboxylic acids is 1. The van der Waals surface area contributed by atoms with Crippen LogP contribution in [0.3, 0.4) is 0 Å². The maximum Gasteiger partial charge on any atom is 0.243 e. The molecule has 2 aromatic rings. The lowest BCUT2D eigenvalue weighted by atomic mass is 10.3. The van der Waals surface area contributed by atoms with Gasteiger partial charge in [0.1, 0.15) is 12.3 Å². The number of rotatable bonds is 7. The Bertz CT molecular complexity index is 662. The van der Waals surface area contributed by atoms with Crippen molar-refractivity contribution in [3.05, 3.63) is 46.0 Å². The van der Waals surface area contributed by atoms with E-state index in [9.17, 15) is 4.79 Å². The molecule has 2 aromatic heterocycles. The quantitative estimate of drug-likeness (QED) is 0.593. The third-order valence-electron chi connectivity index (χ3n) is 3.34. The number of carbonyl (C=O) groups is 1. The van der Waals surface area contributed by atoms with E-state index in [1.54, 1.807) is 31.7 Å². The van der Waals surface area contributed by atoms with E-state index in [1.807, 2.05) is 12.1 Å². The van der Waals surface area contributed by atoms with E-state index in [-0.39, 0.29) is 12.5 Å². The highest BCUT2D eigenvalue weighted by atomic mass is 32.1. The van der Waals surface area contributed by atoms with Gasteiger partial charge in [0.05, 0.1) is 12.8 Å². The van der Waals surface area contributed by atoms with Crippen LogP contribution >= 0.6 is 11.3 Å². The summed E-state index contributed by atoms with van der Waals surface area (Å²) in [5.74, 6) is 1.51. The monoisotopic (exact) mass is 348 g/mol. The smallest absolute Gasteiger partial charge is 0.243 e. The van der Waals surface area contributed by atoms with Crippen molar-refractivity contribution < 1.29 is 9.21 Å². The minimum atomic E-state index is -0.0332. The molecule has 0 spiro atoms. The molecule has 0 saturated heterocycles. The van der Waals surface area contributed by atoms with E-state index in [4.69, 9.17) is 4.42 Å². The van der Waals surface area contributed by atoms with Gasteiger partial charge in [-0.25, -0.2) is 4.99 Å². The standard InChI is InChI=1S/C17H24N4O2S/c1-13-6-7-15(24-13)11-19-17(20-12-16(22)21(2)3)18-9-8-14-5-4-10-23-14/h4-7,10H,8-9,11-12H2,1-3H3,(H2,18,19,20). The fourth-order valence-corrected chi connectivity index (χ4v) is 2.80. The topological polar surface area (TPSA) is 69.9 Å². The van der Waals surface area contributed by atoms with E-state index in [0.717, 1.165) is 12.2 Å². The molecule has 0 aliphatic heterocycles. The molecule has 2 N–H and O–H groups in total. The molecule has 130 valence electrons. The molecule has 0 aliphatic rings. The summed E-state index contributed by atoms with van der Waals surface area (Å²) in [6.07, 6.45) is 2.42. The number of likely N-dealkylation sites (N-methyl/N-ethyl adjacent to an activating group) is 1. The van der Waals surface area contributed by atoms with Crippen molar-refractivity contribution in [2.24, 2.45) is 4.99 Å². The predicted octanol–water partition coefficient (Wildman–Crippen LogP) is 2.02. The number of aliphatic imine (C=N–C) groups is 1. The molecular weight excluding hydrogens is 324 g/mol. The van der Waals surface area contributed by atoms with Crippen LogP contribution in [0.4, 0.5) is 0 Å². The molecule has 2 rings (SSSR count). The second-order valence-electron chi connectivity index (χ2n) is 5.58. The van der Waals surface area contributed by atoms with Crippen LogP contribution in [0, 0.1) is 6.92 Å². The Labute approximate surface area is 146 Å². The first kappa shape index (κ1) is 18.1. The number of nitrogens with one attached hydrogen (secondary N) is 2. The van der Waals surface area contributed by atoms with Crippen LogP contribution in [0.1, 0.15) is 15.5 Å². The van der Waals surface area contributed by atoms with Crippen LogP contribution in [-0.4, -0.2) is 44.0 Å². The Morgan fingerprint density at radius 3 is 2.75 bits per heavy atom. The summed E-state index contributed by atoms with van der Waals surface area (Å²) >= 11 is 1.75. The summed E-state index contributed by atoms with van der Waals surface area (Å²) in [5.41, 5.74) is 0. The van der Waals surface area contributed by atoms with Gasteiger partial charge in [-0.2, -0.15) is 0 Å². The van der Waals surface area contributed by atoms with Crippen molar-refractivity contribution in [2.45, 2.75) is 19.9 Å². The summed E-state index contributed by atoms with van der Waals surface area (Å²) < 4.78 is 5.32. The Balaban J connectivity index is 1.89. The average molecular weight is 348 g/mol. The molecule has 0 aromatic carbocycles. The molecule has 1 amide bonds. The normalized spacial score (nSPS) is 11.4. The van der Waals surface area contributed by atoms with Crippen LogP contribution in [0.5, 0.6) is 0 Å². The van der Waals surface area contributed by atoms with Crippen molar-refractivity contribution in [1.82, 2.24) is 15.5 Å². The van der Waals surface area contributed by atoms with Crippen LogP contribution in [0.15, 0.2) is 39.9 Å². The van der Waals surface area contributed by atoms with E-state index >= 15 is 0 Å². The summed E-state index contributed by atoms with van der Waals surface area (Å²) in [5, 5.41) is 6.51. The minimum Gasteiger partial charge on any atom is -0.469 e. The fourth-order valence-electron chi connectivity index (χ4n) is 1.97. The Morgan fingerprint density at radius 1 is 1.29 bits per heavy atom. The number of furan rings is 1. The lowest BCUT2D eigenvalue weighted by Gasteiger charge is -2.13. The molecule has 0 aliphatic carbocycles. The van der Waals surface area contributed by atoms with Crippen molar-refractivity contribution in [1.29, 1.82) is 0 Å². The number of aryl methyl sites for hydroxylation is 1. The van der Waals surface area contributed by atoms with Crippen LogP contribution in [0.25, 0.3) is 0 Å². The molecule has 24 heavy (non-hydrogen) atoms. The number of hydrogen-bond donors (Lipinski definition) is 2. The van der Waals surface area contributed by atoms with Crippen molar-refractivity contribution in [3.8, 4) is 0 Å². The molecule has 0 atom stereocenters. The van der Waals surface area contributed by atoms with E-state index in [1.165, 1.54) is 14.7 Å². The van der Waals surface area contributed by atoms with Crippen LogP contribution in [-0.2, 0) is 17.8 Å². The Kier molecular flexibility index (Phi) is 6.87. The summed E-state index contributed by atoms with van der Waals surface area (Å²) in [6.45, 7) is 3.56. The third-order valence-corrected chi connectivity index (χ3v) is 4.34. The summed E-state index contributed by atoms with van der Waals surface area (Å²) in [7, 11) is 3.45. The van der Waals surface area contributed by atoms with E-state index < -0.39 is 0 Å². The van der Waals surface area contributed by atoms with Gasteiger partial charge in [-0.15, -0.1) is 11.3 Å². The lowest BCUT2D eigenvalue weighted by molar-refractivity contribution is -0.127. The number of nitrogens with zero attached hydrogens (tertiary/aromatic N) is 2. The van der Waals surface area contributed by atoms with Gasteiger partial charge in [0.25, 0.3) is 0 Å². The van der Waals surface area contributed by atoms with Gasteiger partial charge in [-0.05, 0) is 31.2 Å². The second-order valence-corrected chi connectivity index (χ2v) is 6.95. The third kappa shape index (κ3) is 6.08. The molecule has 2 heterocycles. The molecule has 0 bridgehead atoms. The van der Waals surface area contributed by atoms with Gasteiger partial charge in [0.2, 0.25) is 5.91 Å². The second kappa shape index (κ2) is 9.12. The number of guanidine groups is 1. The zero-order valence-corrected chi connectivity index (χ0v) is 15.2. The largest absolute Gasteiger partial charge is 0.469 e. The fraction of sp³-hybridized carbons (Fsp3) is 0.412. The highest BCUT2D eigenvalue weighted by molar-refractivity contribution is 7.11. The first-order valence-corrected chi connectivity index (χ1v) is 8.66. The van der Waals surface area contributed by atoms with Crippen molar-refractivity contribution >= 4 is 23.2 Å². The van der Waals surface area contributed by atoms with Gasteiger partial charge >= 0.3 is 0 Å². The highest BCUT2D eigenvalue weighted by Crippen LogP contribution is 2.14. The van der Waals surface area contributed by atoms with Gasteiger partial charge in [-0.1, -0.05) is 0 Å². The maximum absolute atomic E-state index is 11.7. The zero-order valence-electron chi connectivity index (χ0n) is 14.3. The van der Waals surface area contributed by atoms with Crippen LogP contribution in [0.2, 0.25) is 0 Å². The van der Waals surface area contributed by atoms with Gasteiger partial charge in [0, 0.05) is 36.8 Å². The number of hydrogen-bond acceptors (Lipinski definition) is 4. The predicted molar refractivity (Wildman–Crippen MR) is 97.3 cm³/mol. The van der Waals surface area contributed by atoms with Crippen LogP contribution < -0.4 is 10.6 Å². The highest BCUT2D eigenvalue weighted by Gasteiger charge is 2.06. The SMILES string of the molecule is Cc1ccc(CNC(=NCC(=O)N(C)C)NCCc2ccco2)s1. The molecule has 7 heteroatoms. The molecule has 6 nitrogen and oxygen atoms in total. The first-order valence-electron chi connectivity index (χ1n) is 7.84. The van der Waals surface area contributed by atoms with Crippen molar-refractivity contribution in [3.63, 3.8) is 0 Å². The van der Waals surface area contributed by atoms with E-state index in [0.29, 0.717) is 19.0 Å². The van der Waals surface area contributed by atoms with E-state index in [2.05, 4.69) is 34.7 Å². The number of amides is 1.